The largest absolute Gasteiger partial charge is 0.324 e. The smallest absolute Gasteiger partial charge is 0.321 e. The molecular formula is C20H25N5O. The molecule has 0 radical (unpaired) electrons. The normalized spacial score (nSPS) is 19.6. The van der Waals surface area contributed by atoms with Crippen molar-refractivity contribution in [1.82, 2.24) is 20.0 Å². The lowest BCUT2D eigenvalue weighted by atomic mass is 9.77. The Labute approximate surface area is 154 Å². The van der Waals surface area contributed by atoms with Crippen molar-refractivity contribution in [1.29, 1.82) is 0 Å². The van der Waals surface area contributed by atoms with Gasteiger partial charge >= 0.3 is 6.03 Å². The standard InChI is InChI=1S/C20H25N5O/c26-19(23-18-6-10-21-22-14-18)25-13-9-20(16-25)7-11-24(12-8-20)15-17-4-2-1-3-5-17/h1-6,10,14H,7-9,11-13,15-16H2,(H,21,23,26). The number of nitrogens with zero attached hydrogens (tertiary/aromatic N) is 4. The van der Waals surface area contributed by atoms with E-state index in [0.29, 0.717) is 11.1 Å². The molecule has 2 fully saturated rings. The van der Waals surface area contributed by atoms with Crippen LogP contribution >= 0.6 is 0 Å². The molecule has 2 aromatic rings. The first-order valence-corrected chi connectivity index (χ1v) is 9.31. The number of benzene rings is 1. The summed E-state index contributed by atoms with van der Waals surface area (Å²) >= 11 is 0. The summed E-state index contributed by atoms with van der Waals surface area (Å²) in [5.41, 5.74) is 2.37. The first-order chi connectivity index (χ1) is 12.7. The van der Waals surface area contributed by atoms with Crippen LogP contribution in [0.25, 0.3) is 0 Å². The quantitative estimate of drug-likeness (QED) is 0.923. The molecule has 0 aliphatic carbocycles. The van der Waals surface area contributed by atoms with Gasteiger partial charge < -0.3 is 10.2 Å². The average molecular weight is 351 g/mol. The second kappa shape index (κ2) is 7.41. The van der Waals surface area contributed by atoms with Crippen molar-refractivity contribution in [3.63, 3.8) is 0 Å². The Morgan fingerprint density at radius 3 is 2.54 bits per heavy atom. The molecule has 3 heterocycles. The maximum atomic E-state index is 12.5. The van der Waals surface area contributed by atoms with Crippen LogP contribution in [0.4, 0.5) is 10.5 Å². The summed E-state index contributed by atoms with van der Waals surface area (Å²) in [4.78, 5) is 17.0. The van der Waals surface area contributed by atoms with E-state index >= 15 is 0 Å². The van der Waals surface area contributed by atoms with Crippen LogP contribution in [-0.4, -0.2) is 52.2 Å². The van der Waals surface area contributed by atoms with Crippen molar-refractivity contribution in [3.05, 3.63) is 54.4 Å². The van der Waals surface area contributed by atoms with E-state index in [9.17, 15) is 4.79 Å². The first kappa shape index (κ1) is 17.0. The third-order valence-corrected chi connectivity index (χ3v) is 5.73. The molecule has 136 valence electrons. The fraction of sp³-hybridized carbons (Fsp3) is 0.450. The van der Waals surface area contributed by atoms with Gasteiger partial charge in [-0.3, -0.25) is 4.90 Å². The summed E-state index contributed by atoms with van der Waals surface area (Å²) in [7, 11) is 0. The van der Waals surface area contributed by atoms with Crippen molar-refractivity contribution in [2.24, 2.45) is 5.41 Å². The molecule has 1 aromatic heterocycles. The summed E-state index contributed by atoms with van der Waals surface area (Å²) < 4.78 is 0. The molecule has 2 aliphatic rings. The number of rotatable bonds is 3. The Bertz CT molecular complexity index is 728. The number of nitrogens with one attached hydrogen (secondary N) is 1. The van der Waals surface area contributed by atoms with E-state index < -0.39 is 0 Å². The average Bonchev–Trinajstić information content (AvgIpc) is 3.10. The molecule has 6 heteroatoms. The van der Waals surface area contributed by atoms with Gasteiger partial charge in [0.2, 0.25) is 0 Å². The Morgan fingerprint density at radius 2 is 1.81 bits per heavy atom. The fourth-order valence-corrected chi connectivity index (χ4v) is 4.11. The molecular weight excluding hydrogens is 326 g/mol. The van der Waals surface area contributed by atoms with E-state index in [1.165, 1.54) is 18.4 Å². The molecule has 0 saturated carbocycles. The highest BCUT2D eigenvalue weighted by atomic mass is 16.2. The number of urea groups is 1. The van der Waals surface area contributed by atoms with E-state index in [2.05, 4.69) is 50.7 Å². The SMILES string of the molecule is O=C(Nc1ccnnc1)N1CCC2(CCN(Cc3ccccc3)CC2)C1. The lowest BCUT2D eigenvalue weighted by molar-refractivity contribution is 0.106. The Morgan fingerprint density at radius 1 is 1.04 bits per heavy atom. The zero-order valence-electron chi connectivity index (χ0n) is 15.0. The van der Waals surface area contributed by atoms with Crippen molar-refractivity contribution < 1.29 is 4.79 Å². The second-order valence-corrected chi connectivity index (χ2v) is 7.49. The van der Waals surface area contributed by atoms with Gasteiger partial charge in [-0.1, -0.05) is 30.3 Å². The van der Waals surface area contributed by atoms with E-state index in [1.807, 2.05) is 4.90 Å². The van der Waals surface area contributed by atoms with Gasteiger partial charge in [0.15, 0.2) is 0 Å². The van der Waals surface area contributed by atoms with E-state index in [0.717, 1.165) is 39.1 Å². The molecule has 1 aromatic carbocycles. The van der Waals surface area contributed by atoms with Crippen LogP contribution in [0.3, 0.4) is 0 Å². The number of amides is 2. The van der Waals surface area contributed by atoms with E-state index in [-0.39, 0.29) is 6.03 Å². The maximum Gasteiger partial charge on any atom is 0.321 e. The lowest BCUT2D eigenvalue weighted by Gasteiger charge is -2.39. The molecule has 6 nitrogen and oxygen atoms in total. The lowest BCUT2D eigenvalue weighted by Crippen LogP contribution is -2.42. The Balaban J connectivity index is 1.29. The fourth-order valence-electron chi connectivity index (χ4n) is 4.11. The second-order valence-electron chi connectivity index (χ2n) is 7.49. The predicted octanol–water partition coefficient (Wildman–Crippen LogP) is 3.00. The highest BCUT2D eigenvalue weighted by Crippen LogP contribution is 2.40. The Hall–Kier alpha value is -2.47. The summed E-state index contributed by atoms with van der Waals surface area (Å²) in [5, 5.41) is 10.5. The molecule has 0 atom stereocenters. The van der Waals surface area contributed by atoms with Gasteiger partial charge in [0, 0.05) is 19.6 Å². The van der Waals surface area contributed by atoms with Gasteiger partial charge in [0.1, 0.15) is 0 Å². The van der Waals surface area contributed by atoms with E-state index in [4.69, 9.17) is 0 Å². The summed E-state index contributed by atoms with van der Waals surface area (Å²) in [6.45, 7) is 4.94. The number of anilines is 1. The third kappa shape index (κ3) is 3.85. The molecule has 2 amide bonds. The topological polar surface area (TPSA) is 61.4 Å². The van der Waals surface area contributed by atoms with Crippen LogP contribution in [0.15, 0.2) is 48.8 Å². The maximum absolute atomic E-state index is 12.5. The molecule has 4 rings (SSSR count). The minimum Gasteiger partial charge on any atom is -0.324 e. The van der Waals surface area contributed by atoms with Gasteiger partial charge in [0.25, 0.3) is 0 Å². The summed E-state index contributed by atoms with van der Waals surface area (Å²) in [6.07, 6.45) is 6.60. The van der Waals surface area contributed by atoms with Gasteiger partial charge in [-0.05, 0) is 49.4 Å². The zero-order chi connectivity index (χ0) is 17.8. The number of piperidine rings is 1. The number of hydrogen-bond donors (Lipinski definition) is 1. The summed E-state index contributed by atoms with van der Waals surface area (Å²) in [5.74, 6) is 0. The van der Waals surface area contributed by atoms with Gasteiger partial charge in [-0.15, -0.1) is 0 Å². The molecule has 1 spiro atoms. The predicted molar refractivity (Wildman–Crippen MR) is 101 cm³/mol. The van der Waals surface area contributed by atoms with Crippen molar-refractivity contribution in [3.8, 4) is 0 Å². The van der Waals surface area contributed by atoms with Crippen LogP contribution in [0.2, 0.25) is 0 Å². The first-order valence-electron chi connectivity index (χ1n) is 9.31. The monoisotopic (exact) mass is 351 g/mol. The minimum atomic E-state index is -0.0263. The molecule has 2 saturated heterocycles. The van der Waals surface area contributed by atoms with Crippen LogP contribution in [0, 0.1) is 5.41 Å². The van der Waals surface area contributed by atoms with Gasteiger partial charge in [-0.2, -0.15) is 10.2 Å². The number of carbonyl (C=O) groups is 1. The zero-order valence-corrected chi connectivity index (χ0v) is 15.0. The van der Waals surface area contributed by atoms with Crippen LogP contribution in [0.5, 0.6) is 0 Å². The number of carbonyl (C=O) groups excluding carboxylic acids is 1. The van der Waals surface area contributed by atoms with Gasteiger partial charge in [0.05, 0.1) is 18.1 Å². The van der Waals surface area contributed by atoms with Crippen LogP contribution in [-0.2, 0) is 6.54 Å². The summed E-state index contributed by atoms with van der Waals surface area (Å²) in [6, 6.07) is 12.4. The molecule has 26 heavy (non-hydrogen) atoms. The van der Waals surface area contributed by atoms with Crippen molar-refractivity contribution in [2.75, 3.05) is 31.5 Å². The molecule has 0 bridgehead atoms. The highest BCUT2D eigenvalue weighted by molar-refractivity contribution is 5.89. The number of hydrogen-bond acceptors (Lipinski definition) is 4. The number of likely N-dealkylation sites (tertiary alicyclic amines) is 2. The Kier molecular flexibility index (Phi) is 4.84. The molecule has 2 aliphatic heterocycles. The van der Waals surface area contributed by atoms with E-state index in [1.54, 1.807) is 18.5 Å². The molecule has 1 N–H and O–H groups in total. The van der Waals surface area contributed by atoms with Crippen LogP contribution < -0.4 is 5.32 Å². The van der Waals surface area contributed by atoms with Crippen molar-refractivity contribution >= 4 is 11.7 Å². The number of aromatic nitrogens is 2. The minimum absolute atomic E-state index is 0.0263. The van der Waals surface area contributed by atoms with Crippen molar-refractivity contribution in [2.45, 2.75) is 25.8 Å². The van der Waals surface area contributed by atoms with Gasteiger partial charge in [-0.25, -0.2) is 4.79 Å². The highest BCUT2D eigenvalue weighted by Gasteiger charge is 2.41. The molecule has 0 unspecified atom stereocenters. The third-order valence-electron chi connectivity index (χ3n) is 5.73. The van der Waals surface area contributed by atoms with Crippen LogP contribution in [0.1, 0.15) is 24.8 Å².